The molecule has 0 unspecified atom stereocenters. The van der Waals surface area contributed by atoms with Gasteiger partial charge in [-0.3, -0.25) is 4.79 Å². The van der Waals surface area contributed by atoms with Gasteiger partial charge in [0.25, 0.3) is 0 Å². The number of nitrogen functional groups attached to an aromatic ring is 1. The van der Waals surface area contributed by atoms with Gasteiger partial charge in [0, 0.05) is 5.69 Å². The minimum Gasteiger partial charge on any atom is -0.398 e. The molecule has 0 radical (unpaired) electrons. The van der Waals surface area contributed by atoms with Crippen molar-refractivity contribution >= 4 is 11.6 Å². The van der Waals surface area contributed by atoms with Gasteiger partial charge in [-0.05, 0) is 22.8 Å². The zero-order valence-electron chi connectivity index (χ0n) is 9.39. The summed E-state index contributed by atoms with van der Waals surface area (Å²) < 4.78 is 0. The lowest BCUT2D eigenvalue weighted by molar-refractivity contribution is -0.117. The van der Waals surface area contributed by atoms with Crippen LogP contribution in [0.4, 0.5) is 5.69 Å². The second kappa shape index (κ2) is 4.70. The van der Waals surface area contributed by atoms with Crippen LogP contribution in [0.2, 0.25) is 0 Å². The van der Waals surface area contributed by atoms with Crippen LogP contribution in [0.1, 0.15) is 5.56 Å². The molecular formula is C14H14N2O. The molecule has 0 fully saturated rings. The Morgan fingerprint density at radius 2 is 1.71 bits per heavy atom. The van der Waals surface area contributed by atoms with E-state index in [1.54, 1.807) is 6.07 Å². The summed E-state index contributed by atoms with van der Waals surface area (Å²) in [4.78, 5) is 11.1. The second-order valence-electron chi connectivity index (χ2n) is 3.88. The fraction of sp³-hybridized carbons (Fsp3) is 0.0714. The highest BCUT2D eigenvalue weighted by Crippen LogP contribution is 2.27. The quantitative estimate of drug-likeness (QED) is 0.785. The molecule has 0 saturated heterocycles. The third-order valence-electron chi connectivity index (χ3n) is 2.65. The molecular weight excluding hydrogens is 212 g/mol. The summed E-state index contributed by atoms with van der Waals surface area (Å²) in [6, 6.07) is 15.4. The van der Waals surface area contributed by atoms with E-state index in [1.807, 2.05) is 42.5 Å². The Kier molecular flexibility index (Phi) is 3.10. The maximum atomic E-state index is 11.1. The number of hydrogen-bond acceptors (Lipinski definition) is 2. The molecule has 0 aliphatic heterocycles. The molecule has 0 saturated carbocycles. The molecule has 4 N–H and O–H groups in total. The van der Waals surface area contributed by atoms with Gasteiger partial charge in [-0.15, -0.1) is 0 Å². The largest absolute Gasteiger partial charge is 0.398 e. The summed E-state index contributed by atoms with van der Waals surface area (Å²) in [5, 5.41) is 0. The summed E-state index contributed by atoms with van der Waals surface area (Å²) in [6.45, 7) is 0. The molecule has 3 nitrogen and oxygen atoms in total. The van der Waals surface area contributed by atoms with Crippen molar-refractivity contribution in [3.63, 3.8) is 0 Å². The van der Waals surface area contributed by atoms with Gasteiger partial charge < -0.3 is 11.5 Å². The Bertz CT molecular complexity index is 535. The number of benzene rings is 2. The molecule has 3 heteroatoms. The fourth-order valence-corrected chi connectivity index (χ4v) is 1.86. The van der Waals surface area contributed by atoms with E-state index < -0.39 is 0 Å². The minimum atomic E-state index is -0.375. The summed E-state index contributed by atoms with van der Waals surface area (Å²) in [7, 11) is 0. The van der Waals surface area contributed by atoms with Crippen molar-refractivity contribution in [2.75, 3.05) is 5.73 Å². The molecule has 2 aromatic rings. The van der Waals surface area contributed by atoms with Gasteiger partial charge >= 0.3 is 0 Å². The first-order valence-corrected chi connectivity index (χ1v) is 5.39. The normalized spacial score (nSPS) is 10.1. The Hall–Kier alpha value is -2.29. The van der Waals surface area contributed by atoms with Gasteiger partial charge in [-0.2, -0.15) is 0 Å². The Labute approximate surface area is 100 Å². The monoisotopic (exact) mass is 226 g/mol. The number of nitrogens with two attached hydrogens (primary N) is 2. The van der Waals surface area contributed by atoms with Crippen LogP contribution in [0.15, 0.2) is 48.5 Å². The van der Waals surface area contributed by atoms with E-state index in [2.05, 4.69) is 0 Å². The smallest absolute Gasteiger partial charge is 0.221 e. The molecule has 2 rings (SSSR count). The first kappa shape index (κ1) is 11.2. The van der Waals surface area contributed by atoms with Gasteiger partial charge in [-0.1, -0.05) is 42.5 Å². The predicted molar refractivity (Wildman–Crippen MR) is 69.2 cm³/mol. The highest BCUT2D eigenvalue weighted by molar-refractivity contribution is 5.83. The molecule has 0 spiro atoms. The average Bonchev–Trinajstić information content (AvgIpc) is 2.32. The lowest BCUT2D eigenvalue weighted by Crippen LogP contribution is -2.15. The van der Waals surface area contributed by atoms with Crippen molar-refractivity contribution in [2.24, 2.45) is 5.73 Å². The van der Waals surface area contributed by atoms with E-state index in [0.717, 1.165) is 16.7 Å². The van der Waals surface area contributed by atoms with Crippen LogP contribution < -0.4 is 11.5 Å². The molecule has 86 valence electrons. The van der Waals surface area contributed by atoms with Crippen molar-refractivity contribution in [1.29, 1.82) is 0 Å². The third kappa shape index (κ3) is 2.45. The zero-order valence-corrected chi connectivity index (χ0v) is 9.39. The molecule has 0 bridgehead atoms. The zero-order chi connectivity index (χ0) is 12.3. The van der Waals surface area contributed by atoms with E-state index in [4.69, 9.17) is 11.5 Å². The summed E-state index contributed by atoms with van der Waals surface area (Å²) in [5.41, 5.74) is 14.5. The maximum Gasteiger partial charge on any atom is 0.221 e. The molecule has 0 aromatic heterocycles. The topological polar surface area (TPSA) is 69.1 Å². The number of carbonyl (C=O) groups excluding carboxylic acids is 1. The number of carbonyl (C=O) groups is 1. The van der Waals surface area contributed by atoms with Crippen LogP contribution >= 0.6 is 0 Å². The molecule has 0 heterocycles. The molecule has 17 heavy (non-hydrogen) atoms. The third-order valence-corrected chi connectivity index (χ3v) is 2.65. The van der Waals surface area contributed by atoms with Crippen LogP contribution in [0.25, 0.3) is 11.1 Å². The van der Waals surface area contributed by atoms with E-state index in [9.17, 15) is 4.79 Å². The SMILES string of the molecule is NC(=O)Cc1c(N)cccc1-c1ccccc1. The summed E-state index contributed by atoms with van der Waals surface area (Å²) in [5.74, 6) is -0.375. The number of anilines is 1. The standard InChI is InChI=1S/C14H14N2O/c15-13-8-4-7-11(12(13)9-14(16)17)10-5-2-1-3-6-10/h1-8H,9,15H2,(H2,16,17). The minimum absolute atomic E-state index is 0.164. The Morgan fingerprint density at radius 3 is 2.35 bits per heavy atom. The van der Waals surface area contributed by atoms with Gasteiger partial charge in [0.2, 0.25) is 5.91 Å². The van der Waals surface area contributed by atoms with Crippen molar-refractivity contribution < 1.29 is 4.79 Å². The van der Waals surface area contributed by atoms with Crippen LogP contribution in [0.5, 0.6) is 0 Å². The number of rotatable bonds is 3. The fourth-order valence-electron chi connectivity index (χ4n) is 1.86. The highest BCUT2D eigenvalue weighted by Gasteiger charge is 2.10. The van der Waals surface area contributed by atoms with Crippen molar-refractivity contribution in [1.82, 2.24) is 0 Å². The van der Waals surface area contributed by atoms with Gasteiger partial charge in [-0.25, -0.2) is 0 Å². The lowest BCUT2D eigenvalue weighted by Gasteiger charge is -2.11. The van der Waals surface area contributed by atoms with Gasteiger partial charge in [0.15, 0.2) is 0 Å². The van der Waals surface area contributed by atoms with E-state index in [0.29, 0.717) is 5.69 Å². The van der Waals surface area contributed by atoms with E-state index >= 15 is 0 Å². The number of amides is 1. The highest BCUT2D eigenvalue weighted by atomic mass is 16.1. The molecule has 1 amide bonds. The van der Waals surface area contributed by atoms with Gasteiger partial charge in [0.05, 0.1) is 6.42 Å². The second-order valence-corrected chi connectivity index (χ2v) is 3.88. The molecule has 2 aromatic carbocycles. The lowest BCUT2D eigenvalue weighted by atomic mass is 9.96. The first-order valence-electron chi connectivity index (χ1n) is 5.39. The first-order chi connectivity index (χ1) is 8.18. The van der Waals surface area contributed by atoms with Crippen molar-refractivity contribution in [3.05, 3.63) is 54.1 Å². The Balaban J connectivity index is 2.54. The van der Waals surface area contributed by atoms with Crippen LogP contribution in [0, 0.1) is 0 Å². The summed E-state index contributed by atoms with van der Waals surface area (Å²) >= 11 is 0. The molecule has 0 aliphatic rings. The van der Waals surface area contributed by atoms with Crippen LogP contribution in [-0.4, -0.2) is 5.91 Å². The summed E-state index contributed by atoms with van der Waals surface area (Å²) in [6.07, 6.45) is 0.164. The molecule has 0 aliphatic carbocycles. The van der Waals surface area contributed by atoms with Crippen molar-refractivity contribution in [2.45, 2.75) is 6.42 Å². The van der Waals surface area contributed by atoms with Crippen LogP contribution in [0.3, 0.4) is 0 Å². The molecule has 0 atom stereocenters. The number of primary amides is 1. The van der Waals surface area contributed by atoms with E-state index in [-0.39, 0.29) is 12.3 Å². The number of hydrogen-bond donors (Lipinski definition) is 2. The van der Waals surface area contributed by atoms with Gasteiger partial charge in [0.1, 0.15) is 0 Å². The average molecular weight is 226 g/mol. The van der Waals surface area contributed by atoms with Crippen LogP contribution in [-0.2, 0) is 11.2 Å². The van der Waals surface area contributed by atoms with Crippen molar-refractivity contribution in [3.8, 4) is 11.1 Å². The maximum absolute atomic E-state index is 11.1. The Morgan fingerprint density at radius 1 is 1.00 bits per heavy atom. The predicted octanol–water partition coefficient (Wildman–Crippen LogP) is 1.96. The van der Waals surface area contributed by atoms with E-state index in [1.165, 1.54) is 0 Å².